The van der Waals surface area contributed by atoms with E-state index in [0.717, 1.165) is 23.0 Å². The third-order valence-corrected chi connectivity index (χ3v) is 3.88. The lowest BCUT2D eigenvalue weighted by Gasteiger charge is -2.21. The molecule has 100 valence electrons. The fourth-order valence-corrected chi connectivity index (χ4v) is 2.62. The standard InChI is InChI=1S/C13H17BrN2O.ClH/c1-9-6-10(7-15)8-16(9)13(17)11-2-4-12(14)5-3-11;/h2-5,9-10H,6-8,15H2,1H3;1H. The molecule has 1 amide bonds. The molecule has 1 aromatic rings. The number of carbonyl (C=O) groups excluding carboxylic acids is 1. The van der Waals surface area contributed by atoms with E-state index in [1.165, 1.54) is 0 Å². The van der Waals surface area contributed by atoms with E-state index in [-0.39, 0.29) is 18.3 Å². The Morgan fingerprint density at radius 2 is 2.06 bits per heavy atom. The molecule has 2 unspecified atom stereocenters. The van der Waals surface area contributed by atoms with Crippen molar-refractivity contribution in [3.63, 3.8) is 0 Å². The number of amides is 1. The number of rotatable bonds is 2. The zero-order valence-electron chi connectivity index (χ0n) is 10.3. The maximum absolute atomic E-state index is 12.3. The number of nitrogens with zero attached hydrogens (tertiary/aromatic N) is 1. The third-order valence-electron chi connectivity index (χ3n) is 3.35. The van der Waals surface area contributed by atoms with Crippen LogP contribution in [0.3, 0.4) is 0 Å². The average Bonchev–Trinajstić information content (AvgIpc) is 2.71. The summed E-state index contributed by atoms with van der Waals surface area (Å²) in [4.78, 5) is 14.2. The van der Waals surface area contributed by atoms with Crippen molar-refractivity contribution in [1.82, 2.24) is 4.90 Å². The van der Waals surface area contributed by atoms with Gasteiger partial charge in [0.05, 0.1) is 0 Å². The molecule has 0 spiro atoms. The van der Waals surface area contributed by atoms with Crippen LogP contribution in [0.5, 0.6) is 0 Å². The summed E-state index contributed by atoms with van der Waals surface area (Å²) in [6.07, 6.45) is 1.01. The Kier molecular flexibility index (Phi) is 5.63. The highest BCUT2D eigenvalue weighted by atomic mass is 79.9. The Morgan fingerprint density at radius 1 is 1.44 bits per heavy atom. The second-order valence-corrected chi connectivity index (χ2v) is 5.57. The van der Waals surface area contributed by atoms with E-state index in [2.05, 4.69) is 22.9 Å². The molecule has 0 radical (unpaired) electrons. The fourth-order valence-electron chi connectivity index (χ4n) is 2.35. The van der Waals surface area contributed by atoms with E-state index < -0.39 is 0 Å². The smallest absolute Gasteiger partial charge is 0.254 e. The van der Waals surface area contributed by atoms with Crippen molar-refractivity contribution >= 4 is 34.2 Å². The van der Waals surface area contributed by atoms with Crippen molar-refractivity contribution in [2.24, 2.45) is 11.7 Å². The number of halogens is 2. The van der Waals surface area contributed by atoms with Gasteiger partial charge in [0.15, 0.2) is 0 Å². The molecule has 0 saturated carbocycles. The molecule has 0 aromatic heterocycles. The molecule has 2 rings (SSSR count). The molecule has 2 N–H and O–H groups in total. The summed E-state index contributed by atoms with van der Waals surface area (Å²) in [5.74, 6) is 0.561. The van der Waals surface area contributed by atoms with Crippen LogP contribution in [0.1, 0.15) is 23.7 Å². The topological polar surface area (TPSA) is 46.3 Å². The van der Waals surface area contributed by atoms with Crippen LogP contribution in [-0.2, 0) is 0 Å². The van der Waals surface area contributed by atoms with Crippen LogP contribution < -0.4 is 5.73 Å². The molecule has 1 saturated heterocycles. The number of hydrogen-bond acceptors (Lipinski definition) is 2. The van der Waals surface area contributed by atoms with Crippen molar-refractivity contribution in [2.45, 2.75) is 19.4 Å². The van der Waals surface area contributed by atoms with Crippen molar-refractivity contribution < 1.29 is 4.79 Å². The van der Waals surface area contributed by atoms with Crippen LogP contribution >= 0.6 is 28.3 Å². The first-order chi connectivity index (χ1) is 8.11. The van der Waals surface area contributed by atoms with Gasteiger partial charge in [-0.25, -0.2) is 0 Å². The van der Waals surface area contributed by atoms with Gasteiger partial charge in [-0.05, 0) is 50.1 Å². The van der Waals surface area contributed by atoms with Crippen LogP contribution in [-0.4, -0.2) is 29.9 Å². The first-order valence-electron chi connectivity index (χ1n) is 5.88. The molecular formula is C13H18BrClN2O. The van der Waals surface area contributed by atoms with E-state index in [1.54, 1.807) is 0 Å². The summed E-state index contributed by atoms with van der Waals surface area (Å²) in [5, 5.41) is 0. The van der Waals surface area contributed by atoms with E-state index in [0.29, 0.717) is 18.5 Å². The maximum Gasteiger partial charge on any atom is 0.254 e. The highest BCUT2D eigenvalue weighted by Gasteiger charge is 2.31. The Morgan fingerprint density at radius 3 is 2.56 bits per heavy atom. The predicted octanol–water partition coefficient (Wildman–Crippen LogP) is 2.68. The number of likely N-dealkylation sites (tertiary alicyclic amines) is 1. The van der Waals surface area contributed by atoms with Gasteiger partial charge in [0.1, 0.15) is 0 Å². The summed E-state index contributed by atoms with van der Waals surface area (Å²) in [7, 11) is 0. The van der Waals surface area contributed by atoms with E-state index >= 15 is 0 Å². The Labute approximate surface area is 122 Å². The lowest BCUT2D eigenvalue weighted by Crippen LogP contribution is -2.34. The molecule has 0 bridgehead atoms. The molecule has 1 fully saturated rings. The average molecular weight is 334 g/mol. The van der Waals surface area contributed by atoms with Crippen molar-refractivity contribution in [3.05, 3.63) is 34.3 Å². The summed E-state index contributed by atoms with van der Waals surface area (Å²) >= 11 is 3.37. The lowest BCUT2D eigenvalue weighted by atomic mass is 10.1. The molecule has 2 atom stereocenters. The Hall–Kier alpha value is -0.580. The van der Waals surface area contributed by atoms with Gasteiger partial charge in [0, 0.05) is 22.6 Å². The SMILES string of the molecule is CC1CC(CN)CN1C(=O)c1ccc(Br)cc1.Cl. The van der Waals surface area contributed by atoms with Gasteiger partial charge in [0.25, 0.3) is 5.91 Å². The molecule has 3 nitrogen and oxygen atoms in total. The largest absolute Gasteiger partial charge is 0.336 e. The second-order valence-electron chi connectivity index (χ2n) is 4.65. The summed E-state index contributed by atoms with van der Waals surface area (Å²) in [6, 6.07) is 7.80. The van der Waals surface area contributed by atoms with Crippen LogP contribution in [0, 0.1) is 5.92 Å². The number of hydrogen-bond donors (Lipinski definition) is 1. The van der Waals surface area contributed by atoms with Crippen LogP contribution in [0.2, 0.25) is 0 Å². The predicted molar refractivity (Wildman–Crippen MR) is 79.0 cm³/mol. The van der Waals surface area contributed by atoms with Crippen LogP contribution in [0.25, 0.3) is 0 Å². The van der Waals surface area contributed by atoms with Crippen molar-refractivity contribution in [3.8, 4) is 0 Å². The molecule has 1 aromatic carbocycles. The molecule has 5 heteroatoms. The van der Waals surface area contributed by atoms with Crippen molar-refractivity contribution in [2.75, 3.05) is 13.1 Å². The molecule has 0 aliphatic carbocycles. The molecule has 18 heavy (non-hydrogen) atoms. The van der Waals surface area contributed by atoms with Gasteiger partial charge in [-0.15, -0.1) is 12.4 Å². The maximum atomic E-state index is 12.3. The lowest BCUT2D eigenvalue weighted by molar-refractivity contribution is 0.0743. The monoisotopic (exact) mass is 332 g/mol. The second kappa shape index (κ2) is 6.55. The van der Waals surface area contributed by atoms with Crippen molar-refractivity contribution in [1.29, 1.82) is 0 Å². The highest BCUT2D eigenvalue weighted by molar-refractivity contribution is 9.10. The van der Waals surface area contributed by atoms with Crippen LogP contribution in [0.4, 0.5) is 0 Å². The van der Waals surface area contributed by atoms with Crippen LogP contribution in [0.15, 0.2) is 28.7 Å². The summed E-state index contributed by atoms with van der Waals surface area (Å²) in [6.45, 7) is 3.54. The quantitative estimate of drug-likeness (QED) is 0.904. The highest BCUT2D eigenvalue weighted by Crippen LogP contribution is 2.24. The van der Waals surface area contributed by atoms with Gasteiger partial charge >= 0.3 is 0 Å². The molecule has 1 heterocycles. The minimum Gasteiger partial charge on any atom is -0.336 e. The zero-order valence-corrected chi connectivity index (χ0v) is 12.7. The summed E-state index contributed by atoms with van der Waals surface area (Å²) < 4.78 is 0.989. The Balaban J connectivity index is 0.00000162. The number of carbonyl (C=O) groups is 1. The third kappa shape index (κ3) is 3.25. The first kappa shape index (κ1) is 15.5. The van der Waals surface area contributed by atoms with E-state index in [9.17, 15) is 4.79 Å². The van der Waals surface area contributed by atoms with Gasteiger partial charge in [-0.2, -0.15) is 0 Å². The van der Waals surface area contributed by atoms with E-state index in [4.69, 9.17) is 5.73 Å². The Bertz CT molecular complexity index is 410. The van der Waals surface area contributed by atoms with Gasteiger partial charge in [-0.3, -0.25) is 4.79 Å². The molecule has 1 aliphatic rings. The fraction of sp³-hybridized carbons (Fsp3) is 0.462. The number of benzene rings is 1. The van der Waals surface area contributed by atoms with Gasteiger partial charge in [0.2, 0.25) is 0 Å². The number of nitrogens with two attached hydrogens (primary N) is 1. The van der Waals surface area contributed by atoms with Gasteiger partial charge in [-0.1, -0.05) is 15.9 Å². The normalized spacial score (nSPS) is 22.7. The van der Waals surface area contributed by atoms with E-state index in [1.807, 2.05) is 29.2 Å². The first-order valence-corrected chi connectivity index (χ1v) is 6.67. The summed E-state index contributed by atoms with van der Waals surface area (Å²) in [5.41, 5.74) is 6.42. The molecular weight excluding hydrogens is 316 g/mol. The zero-order chi connectivity index (χ0) is 12.4. The minimum atomic E-state index is 0. The van der Waals surface area contributed by atoms with Gasteiger partial charge < -0.3 is 10.6 Å². The molecule has 1 aliphatic heterocycles. The minimum absolute atomic E-state index is 0.